The van der Waals surface area contributed by atoms with Gasteiger partial charge in [0.15, 0.2) is 0 Å². The van der Waals surface area contributed by atoms with Gasteiger partial charge in [-0.05, 0) is 54.2 Å². The first-order valence-electron chi connectivity index (χ1n) is 9.47. The molecule has 1 saturated heterocycles. The monoisotopic (exact) mass is 384 g/mol. The van der Waals surface area contributed by atoms with Crippen LogP contribution in [-0.4, -0.2) is 23.2 Å². The number of pyridine rings is 1. The molecule has 1 fully saturated rings. The average Bonchev–Trinajstić information content (AvgIpc) is 3.04. The topological polar surface area (TPSA) is 62.0 Å². The summed E-state index contributed by atoms with van der Waals surface area (Å²) in [7, 11) is 0. The number of amides is 1. The van der Waals surface area contributed by atoms with E-state index in [9.17, 15) is 9.59 Å². The van der Waals surface area contributed by atoms with Gasteiger partial charge in [-0.1, -0.05) is 44.6 Å². The number of carbonyl (C=O) groups excluding carboxylic acids is 1. The summed E-state index contributed by atoms with van der Waals surface area (Å²) >= 11 is 1.44. The van der Waals surface area contributed by atoms with Crippen molar-refractivity contribution in [3.8, 4) is 0 Å². The standard InChI is InChI=1S/C22H28N2O2S/c1-22(2,3)15-7-5-14(6-8-15)17(13-16-9-12-20(25)23-16)18-10-11-19(27-4)21(26)24-18/h5,7,10-11,13,16H,6,8-9,12H2,1-4H3,(H,23,25)(H,24,26)/b17-13+. The summed E-state index contributed by atoms with van der Waals surface area (Å²) < 4.78 is 0. The molecule has 0 saturated carbocycles. The van der Waals surface area contributed by atoms with Crippen molar-refractivity contribution >= 4 is 23.2 Å². The highest BCUT2D eigenvalue weighted by Crippen LogP contribution is 2.37. The Hall–Kier alpha value is -2.01. The second-order valence-corrected chi connectivity index (χ2v) is 9.04. The molecule has 2 N–H and O–H groups in total. The minimum atomic E-state index is -0.0660. The highest BCUT2D eigenvalue weighted by Gasteiger charge is 2.23. The van der Waals surface area contributed by atoms with Crippen LogP contribution in [-0.2, 0) is 4.79 Å². The van der Waals surface area contributed by atoms with Gasteiger partial charge in [-0.25, -0.2) is 0 Å². The van der Waals surface area contributed by atoms with E-state index in [4.69, 9.17) is 0 Å². The molecule has 1 aromatic heterocycles. The van der Waals surface area contributed by atoms with Gasteiger partial charge in [-0.15, -0.1) is 11.8 Å². The van der Waals surface area contributed by atoms with Gasteiger partial charge in [0.05, 0.1) is 4.90 Å². The van der Waals surface area contributed by atoms with Crippen molar-refractivity contribution in [2.45, 2.75) is 57.4 Å². The van der Waals surface area contributed by atoms with Crippen molar-refractivity contribution in [3.05, 3.63) is 57.6 Å². The molecule has 144 valence electrons. The smallest absolute Gasteiger partial charge is 0.262 e. The number of H-pyrrole nitrogens is 1. The van der Waals surface area contributed by atoms with Crippen LogP contribution in [0.15, 0.2) is 51.2 Å². The molecule has 4 nitrogen and oxygen atoms in total. The van der Waals surface area contributed by atoms with Crippen molar-refractivity contribution in [3.63, 3.8) is 0 Å². The number of aromatic amines is 1. The predicted octanol–water partition coefficient (Wildman–Crippen LogP) is 4.45. The van der Waals surface area contributed by atoms with Crippen LogP contribution in [0.1, 0.15) is 52.1 Å². The zero-order valence-electron chi connectivity index (χ0n) is 16.5. The van der Waals surface area contributed by atoms with Crippen molar-refractivity contribution < 1.29 is 4.79 Å². The zero-order valence-corrected chi connectivity index (χ0v) is 17.3. The highest BCUT2D eigenvalue weighted by molar-refractivity contribution is 7.98. The minimum absolute atomic E-state index is 0.0186. The first-order chi connectivity index (χ1) is 12.8. The molecule has 5 heteroatoms. The van der Waals surface area contributed by atoms with Crippen LogP contribution in [0.5, 0.6) is 0 Å². The summed E-state index contributed by atoms with van der Waals surface area (Å²) in [5.41, 5.74) is 4.58. The summed E-state index contributed by atoms with van der Waals surface area (Å²) in [6, 6.07) is 3.87. The number of nitrogens with one attached hydrogen (secondary N) is 2. The number of thioether (sulfide) groups is 1. The van der Waals surface area contributed by atoms with E-state index in [0.29, 0.717) is 11.3 Å². The molecule has 0 aromatic carbocycles. The van der Waals surface area contributed by atoms with Gasteiger partial charge in [0.25, 0.3) is 5.56 Å². The lowest BCUT2D eigenvalue weighted by molar-refractivity contribution is -0.119. The van der Waals surface area contributed by atoms with Crippen molar-refractivity contribution in [2.75, 3.05) is 6.26 Å². The summed E-state index contributed by atoms with van der Waals surface area (Å²) in [5, 5.41) is 3.01. The average molecular weight is 385 g/mol. The summed E-state index contributed by atoms with van der Waals surface area (Å²) in [6.07, 6.45) is 11.7. The zero-order chi connectivity index (χ0) is 19.6. The van der Waals surface area contributed by atoms with Crippen molar-refractivity contribution in [1.29, 1.82) is 0 Å². The first kappa shape index (κ1) is 19.7. The normalized spacial score (nSPS) is 21.0. The molecule has 0 bridgehead atoms. The fourth-order valence-corrected chi connectivity index (χ4v) is 4.04. The Morgan fingerprint density at radius 1 is 1.15 bits per heavy atom. The maximum Gasteiger partial charge on any atom is 0.262 e. The van der Waals surface area contributed by atoms with Gasteiger partial charge in [-0.3, -0.25) is 9.59 Å². The Labute approximate surface area is 165 Å². The first-order valence-corrected chi connectivity index (χ1v) is 10.7. The second kappa shape index (κ2) is 7.93. The molecule has 1 aliphatic heterocycles. The quantitative estimate of drug-likeness (QED) is 0.754. The van der Waals surface area contributed by atoms with E-state index >= 15 is 0 Å². The fourth-order valence-electron chi connectivity index (χ4n) is 3.60. The number of hydrogen-bond acceptors (Lipinski definition) is 3. The Bertz CT molecular complexity index is 884. The van der Waals surface area contributed by atoms with Crippen molar-refractivity contribution in [2.24, 2.45) is 5.41 Å². The van der Waals surface area contributed by atoms with Crippen LogP contribution in [0, 0.1) is 5.41 Å². The van der Waals surface area contributed by atoms with Crippen LogP contribution >= 0.6 is 11.8 Å². The van der Waals surface area contributed by atoms with Gasteiger partial charge >= 0.3 is 0 Å². The van der Waals surface area contributed by atoms with Crippen LogP contribution in [0.3, 0.4) is 0 Å². The van der Waals surface area contributed by atoms with E-state index in [1.165, 1.54) is 22.9 Å². The number of rotatable bonds is 4. The maximum atomic E-state index is 12.3. The van der Waals surface area contributed by atoms with Gasteiger partial charge in [-0.2, -0.15) is 0 Å². The van der Waals surface area contributed by atoms with Gasteiger partial charge in [0, 0.05) is 18.2 Å². The van der Waals surface area contributed by atoms with E-state index in [2.05, 4.69) is 49.3 Å². The molecule has 27 heavy (non-hydrogen) atoms. The second-order valence-electron chi connectivity index (χ2n) is 8.20. The molecule has 3 rings (SSSR count). The van der Waals surface area contributed by atoms with Crippen LogP contribution in [0.25, 0.3) is 5.57 Å². The molecule has 2 heterocycles. The largest absolute Gasteiger partial charge is 0.350 e. The highest BCUT2D eigenvalue weighted by atomic mass is 32.2. The molecule has 1 atom stereocenters. The van der Waals surface area contributed by atoms with E-state index < -0.39 is 0 Å². The van der Waals surface area contributed by atoms with Crippen LogP contribution in [0.4, 0.5) is 0 Å². The lowest BCUT2D eigenvalue weighted by Crippen LogP contribution is -2.24. The van der Waals surface area contributed by atoms with Crippen molar-refractivity contribution in [1.82, 2.24) is 10.3 Å². The lowest BCUT2D eigenvalue weighted by atomic mass is 9.79. The number of allylic oxidation sites excluding steroid dienone is 5. The van der Waals surface area contributed by atoms with Gasteiger partial charge < -0.3 is 10.3 Å². The van der Waals surface area contributed by atoms with E-state index in [-0.39, 0.29) is 22.9 Å². The van der Waals surface area contributed by atoms with Gasteiger partial charge in [0.2, 0.25) is 5.91 Å². The van der Waals surface area contributed by atoms with Gasteiger partial charge in [0.1, 0.15) is 0 Å². The Morgan fingerprint density at radius 3 is 2.44 bits per heavy atom. The molecule has 0 radical (unpaired) electrons. The number of hydrogen-bond donors (Lipinski definition) is 2. The molecule has 1 aliphatic carbocycles. The Kier molecular flexibility index (Phi) is 5.80. The number of carbonyl (C=O) groups is 1. The molecule has 1 aromatic rings. The summed E-state index contributed by atoms with van der Waals surface area (Å²) in [5.74, 6) is 0.0920. The predicted molar refractivity (Wildman–Crippen MR) is 113 cm³/mol. The summed E-state index contributed by atoms with van der Waals surface area (Å²) in [4.78, 5) is 27.7. The molecule has 0 spiro atoms. The molecule has 2 aliphatic rings. The number of aromatic nitrogens is 1. The third-order valence-electron chi connectivity index (χ3n) is 5.24. The molecule has 1 unspecified atom stereocenters. The third kappa shape index (κ3) is 4.64. The van der Waals surface area contributed by atoms with Crippen LogP contribution in [0.2, 0.25) is 0 Å². The minimum Gasteiger partial charge on any atom is -0.350 e. The third-order valence-corrected chi connectivity index (χ3v) is 6.00. The van der Waals surface area contributed by atoms with Crippen LogP contribution < -0.4 is 10.9 Å². The Balaban J connectivity index is 2.01. The molecular weight excluding hydrogens is 356 g/mol. The SMILES string of the molecule is CSc1ccc(/C(=C/C2CCC(=O)N2)C2=CC=C(C(C)(C)C)CC2)[nH]c1=O. The lowest BCUT2D eigenvalue weighted by Gasteiger charge is -2.27. The fraction of sp³-hybridized carbons (Fsp3) is 0.455. The molecule has 1 amide bonds. The summed E-state index contributed by atoms with van der Waals surface area (Å²) in [6.45, 7) is 6.71. The van der Waals surface area contributed by atoms with E-state index in [1.807, 2.05) is 18.4 Å². The Morgan fingerprint density at radius 2 is 1.93 bits per heavy atom. The molecular formula is C22H28N2O2S. The van der Waals surface area contributed by atoms with E-state index in [0.717, 1.165) is 30.5 Å². The maximum absolute atomic E-state index is 12.3. The van der Waals surface area contributed by atoms with E-state index in [1.54, 1.807) is 0 Å².